The van der Waals surface area contributed by atoms with E-state index in [2.05, 4.69) is 4.98 Å². The van der Waals surface area contributed by atoms with Crippen molar-refractivity contribution in [2.75, 3.05) is 5.73 Å². The molecule has 0 aliphatic carbocycles. The Bertz CT molecular complexity index is 691. The average molecular weight is 261 g/mol. The highest BCUT2D eigenvalue weighted by Gasteiger charge is 2.08. The molecule has 0 saturated carbocycles. The standard InChI is InChI=1S/C13H9ClN2S/c14-8-5-6-11-12(7-8)17-13(16-11)9-3-1-2-4-10(9)15/h1-7H,15H2. The summed E-state index contributed by atoms with van der Waals surface area (Å²) in [5.74, 6) is 0. The maximum absolute atomic E-state index is 5.96. The van der Waals surface area contributed by atoms with Gasteiger partial charge in [-0.3, -0.25) is 0 Å². The van der Waals surface area contributed by atoms with Crippen LogP contribution in [0.3, 0.4) is 0 Å². The molecule has 0 fully saturated rings. The van der Waals surface area contributed by atoms with Gasteiger partial charge in [-0.2, -0.15) is 0 Å². The first-order chi connectivity index (χ1) is 8.24. The van der Waals surface area contributed by atoms with Crippen molar-refractivity contribution >= 4 is 38.8 Å². The lowest BCUT2D eigenvalue weighted by atomic mass is 10.2. The first-order valence-electron chi connectivity index (χ1n) is 5.15. The third-order valence-electron chi connectivity index (χ3n) is 2.54. The number of aromatic nitrogens is 1. The second kappa shape index (κ2) is 4.02. The molecule has 1 heterocycles. The molecule has 0 radical (unpaired) electrons. The Hall–Kier alpha value is -1.58. The smallest absolute Gasteiger partial charge is 0.126 e. The molecule has 1 aromatic heterocycles. The summed E-state index contributed by atoms with van der Waals surface area (Å²) < 4.78 is 1.08. The first-order valence-corrected chi connectivity index (χ1v) is 6.34. The third kappa shape index (κ3) is 1.88. The number of para-hydroxylation sites is 1. The number of benzene rings is 2. The molecule has 0 aliphatic rings. The Morgan fingerprint density at radius 3 is 2.76 bits per heavy atom. The number of thiazole rings is 1. The molecule has 17 heavy (non-hydrogen) atoms. The SMILES string of the molecule is Nc1ccccc1-c1nc2ccc(Cl)cc2s1. The monoisotopic (exact) mass is 260 g/mol. The summed E-state index contributed by atoms with van der Waals surface area (Å²) in [5.41, 5.74) is 8.63. The van der Waals surface area contributed by atoms with Crippen molar-refractivity contribution in [1.29, 1.82) is 0 Å². The number of nitrogens with zero attached hydrogens (tertiary/aromatic N) is 1. The number of halogens is 1. The highest BCUT2D eigenvalue weighted by molar-refractivity contribution is 7.21. The van der Waals surface area contributed by atoms with Gasteiger partial charge >= 0.3 is 0 Å². The molecule has 3 rings (SSSR count). The van der Waals surface area contributed by atoms with Crippen molar-refractivity contribution in [3.63, 3.8) is 0 Å². The Morgan fingerprint density at radius 2 is 1.94 bits per heavy atom. The molecule has 0 unspecified atom stereocenters. The minimum absolute atomic E-state index is 0.730. The molecule has 2 aromatic carbocycles. The first kappa shape index (κ1) is 10.6. The van der Waals surface area contributed by atoms with E-state index in [-0.39, 0.29) is 0 Å². The van der Waals surface area contributed by atoms with Crippen LogP contribution < -0.4 is 5.73 Å². The zero-order chi connectivity index (χ0) is 11.8. The van der Waals surface area contributed by atoms with Crippen molar-refractivity contribution in [2.45, 2.75) is 0 Å². The molecular weight excluding hydrogens is 252 g/mol. The summed E-state index contributed by atoms with van der Waals surface area (Å²) in [4.78, 5) is 4.56. The molecule has 4 heteroatoms. The summed E-state index contributed by atoms with van der Waals surface area (Å²) >= 11 is 7.56. The van der Waals surface area contributed by atoms with E-state index in [9.17, 15) is 0 Å². The van der Waals surface area contributed by atoms with Crippen molar-refractivity contribution in [3.8, 4) is 10.6 Å². The molecule has 0 amide bonds. The number of rotatable bonds is 1. The van der Waals surface area contributed by atoms with E-state index >= 15 is 0 Å². The van der Waals surface area contributed by atoms with Gasteiger partial charge in [-0.1, -0.05) is 23.7 Å². The molecule has 2 nitrogen and oxygen atoms in total. The average Bonchev–Trinajstić information content (AvgIpc) is 2.72. The highest BCUT2D eigenvalue weighted by Crippen LogP contribution is 2.34. The summed E-state index contributed by atoms with van der Waals surface area (Å²) in [7, 11) is 0. The number of anilines is 1. The Morgan fingerprint density at radius 1 is 1.12 bits per heavy atom. The largest absolute Gasteiger partial charge is 0.398 e. The summed E-state index contributed by atoms with van der Waals surface area (Å²) in [6.07, 6.45) is 0. The van der Waals surface area contributed by atoms with E-state index in [1.807, 2.05) is 42.5 Å². The van der Waals surface area contributed by atoms with Gasteiger partial charge in [-0.25, -0.2) is 4.98 Å². The van der Waals surface area contributed by atoms with Crippen LogP contribution in [0, 0.1) is 0 Å². The van der Waals surface area contributed by atoms with E-state index in [4.69, 9.17) is 17.3 Å². The summed E-state index contributed by atoms with van der Waals surface area (Å²) in [6, 6.07) is 13.5. The number of hydrogen-bond acceptors (Lipinski definition) is 3. The normalized spacial score (nSPS) is 10.9. The zero-order valence-electron chi connectivity index (χ0n) is 8.85. The van der Waals surface area contributed by atoms with Gasteiger partial charge in [0.05, 0.1) is 10.2 Å². The van der Waals surface area contributed by atoms with Crippen molar-refractivity contribution in [1.82, 2.24) is 4.98 Å². The van der Waals surface area contributed by atoms with Crippen LogP contribution in [0.4, 0.5) is 5.69 Å². The number of nitrogen functional groups attached to an aromatic ring is 1. The van der Waals surface area contributed by atoms with Crippen LogP contribution in [-0.4, -0.2) is 4.98 Å². The van der Waals surface area contributed by atoms with Crippen molar-refractivity contribution < 1.29 is 0 Å². The summed E-state index contributed by atoms with van der Waals surface area (Å²) in [5, 5.41) is 1.66. The lowest BCUT2D eigenvalue weighted by molar-refractivity contribution is 1.48. The van der Waals surface area contributed by atoms with E-state index in [0.717, 1.165) is 31.5 Å². The molecule has 0 spiro atoms. The van der Waals surface area contributed by atoms with Crippen LogP contribution >= 0.6 is 22.9 Å². The quantitative estimate of drug-likeness (QED) is 0.666. The number of fused-ring (bicyclic) bond motifs is 1. The third-order valence-corrected chi connectivity index (χ3v) is 3.83. The predicted octanol–water partition coefficient (Wildman–Crippen LogP) is 4.20. The fraction of sp³-hybridized carbons (Fsp3) is 0. The fourth-order valence-corrected chi connectivity index (χ4v) is 2.99. The molecule has 0 saturated heterocycles. The Labute approximate surface area is 108 Å². The van der Waals surface area contributed by atoms with Crippen LogP contribution in [0.5, 0.6) is 0 Å². The molecule has 0 atom stereocenters. The Balaban J connectivity index is 2.22. The lowest BCUT2D eigenvalue weighted by Gasteiger charge is -1.99. The van der Waals surface area contributed by atoms with Gasteiger partial charge in [0.1, 0.15) is 5.01 Å². The predicted molar refractivity (Wildman–Crippen MR) is 74.5 cm³/mol. The summed E-state index contributed by atoms with van der Waals surface area (Å²) in [6.45, 7) is 0. The molecule has 84 valence electrons. The van der Waals surface area contributed by atoms with Gasteiger partial charge in [0.15, 0.2) is 0 Å². The molecule has 0 bridgehead atoms. The van der Waals surface area contributed by atoms with E-state index in [1.165, 1.54) is 0 Å². The maximum Gasteiger partial charge on any atom is 0.126 e. The van der Waals surface area contributed by atoms with E-state index in [0.29, 0.717) is 0 Å². The minimum Gasteiger partial charge on any atom is -0.398 e. The van der Waals surface area contributed by atoms with Crippen molar-refractivity contribution in [2.24, 2.45) is 0 Å². The van der Waals surface area contributed by atoms with Crippen molar-refractivity contribution in [3.05, 3.63) is 47.5 Å². The van der Waals surface area contributed by atoms with E-state index in [1.54, 1.807) is 11.3 Å². The maximum atomic E-state index is 5.96. The molecule has 0 aliphatic heterocycles. The molecule has 3 aromatic rings. The van der Waals surface area contributed by atoms with Crippen LogP contribution in [-0.2, 0) is 0 Å². The van der Waals surface area contributed by atoms with Gasteiger partial charge in [0.2, 0.25) is 0 Å². The number of hydrogen-bond donors (Lipinski definition) is 1. The lowest BCUT2D eigenvalue weighted by Crippen LogP contribution is -1.87. The zero-order valence-corrected chi connectivity index (χ0v) is 10.4. The number of nitrogens with two attached hydrogens (primary N) is 1. The van der Waals surface area contributed by atoms with Gasteiger partial charge in [0.25, 0.3) is 0 Å². The van der Waals surface area contributed by atoms with Crippen LogP contribution in [0.2, 0.25) is 5.02 Å². The molecular formula is C13H9ClN2S. The topological polar surface area (TPSA) is 38.9 Å². The van der Waals surface area contributed by atoms with Gasteiger partial charge < -0.3 is 5.73 Å². The fourth-order valence-electron chi connectivity index (χ4n) is 1.71. The van der Waals surface area contributed by atoms with Gasteiger partial charge in [-0.15, -0.1) is 11.3 Å². The van der Waals surface area contributed by atoms with Gasteiger partial charge in [-0.05, 0) is 30.3 Å². The van der Waals surface area contributed by atoms with Crippen LogP contribution in [0.15, 0.2) is 42.5 Å². The van der Waals surface area contributed by atoms with E-state index < -0.39 is 0 Å². The Kier molecular flexibility index (Phi) is 2.50. The second-order valence-electron chi connectivity index (χ2n) is 3.72. The van der Waals surface area contributed by atoms with Gasteiger partial charge in [0, 0.05) is 16.3 Å². The highest BCUT2D eigenvalue weighted by atomic mass is 35.5. The molecule has 2 N–H and O–H groups in total. The minimum atomic E-state index is 0.730. The van der Waals surface area contributed by atoms with Crippen LogP contribution in [0.1, 0.15) is 0 Å². The van der Waals surface area contributed by atoms with Crippen LogP contribution in [0.25, 0.3) is 20.8 Å². The second-order valence-corrected chi connectivity index (χ2v) is 5.19.